The standard InChI is InChI=1S/C17H23N3O3S/c18-15(16(21)20-8-9-24-12-20)14-6-7-19(10-14)17(22)23-11-13-4-2-1-3-5-13/h1-5,14-15H,6-12,18H2. The summed E-state index contributed by atoms with van der Waals surface area (Å²) in [6.07, 6.45) is 0.409. The highest BCUT2D eigenvalue weighted by atomic mass is 32.2. The van der Waals surface area contributed by atoms with Crippen molar-refractivity contribution in [2.45, 2.75) is 19.1 Å². The van der Waals surface area contributed by atoms with Crippen LogP contribution in [0.1, 0.15) is 12.0 Å². The van der Waals surface area contributed by atoms with Crippen molar-refractivity contribution in [1.82, 2.24) is 9.80 Å². The zero-order chi connectivity index (χ0) is 16.9. The first-order chi connectivity index (χ1) is 11.6. The van der Waals surface area contributed by atoms with Crippen molar-refractivity contribution in [1.29, 1.82) is 0 Å². The predicted octanol–water partition coefficient (Wildman–Crippen LogP) is 1.51. The van der Waals surface area contributed by atoms with Gasteiger partial charge in [-0.2, -0.15) is 0 Å². The molecule has 1 aromatic carbocycles. The van der Waals surface area contributed by atoms with Crippen molar-refractivity contribution in [3.63, 3.8) is 0 Å². The number of carbonyl (C=O) groups excluding carboxylic acids is 2. The molecule has 7 heteroatoms. The van der Waals surface area contributed by atoms with Gasteiger partial charge in [-0.25, -0.2) is 4.79 Å². The summed E-state index contributed by atoms with van der Waals surface area (Å²) in [5.41, 5.74) is 7.11. The largest absolute Gasteiger partial charge is 0.445 e. The van der Waals surface area contributed by atoms with Crippen molar-refractivity contribution < 1.29 is 14.3 Å². The average Bonchev–Trinajstić information content (AvgIpc) is 3.31. The number of benzene rings is 1. The molecule has 2 unspecified atom stereocenters. The van der Waals surface area contributed by atoms with E-state index >= 15 is 0 Å². The van der Waals surface area contributed by atoms with Gasteiger partial charge in [-0.1, -0.05) is 30.3 Å². The van der Waals surface area contributed by atoms with Crippen LogP contribution in [0.25, 0.3) is 0 Å². The third kappa shape index (κ3) is 4.02. The van der Waals surface area contributed by atoms with Crippen LogP contribution >= 0.6 is 11.8 Å². The van der Waals surface area contributed by atoms with Crippen LogP contribution in [0, 0.1) is 5.92 Å². The fraction of sp³-hybridized carbons (Fsp3) is 0.529. The van der Waals surface area contributed by atoms with Gasteiger partial charge in [0.2, 0.25) is 5.91 Å². The summed E-state index contributed by atoms with van der Waals surface area (Å²) in [6.45, 7) is 2.11. The molecule has 2 heterocycles. The molecule has 2 atom stereocenters. The Morgan fingerprint density at radius 3 is 2.75 bits per heavy atom. The Morgan fingerprint density at radius 1 is 1.25 bits per heavy atom. The van der Waals surface area contributed by atoms with Crippen LogP contribution in [0.15, 0.2) is 30.3 Å². The highest BCUT2D eigenvalue weighted by molar-refractivity contribution is 7.99. The van der Waals surface area contributed by atoms with E-state index in [1.807, 2.05) is 35.2 Å². The number of carbonyl (C=O) groups is 2. The molecule has 2 N–H and O–H groups in total. The molecule has 0 bridgehead atoms. The lowest BCUT2D eigenvalue weighted by atomic mass is 9.99. The van der Waals surface area contributed by atoms with E-state index in [0.717, 1.165) is 30.2 Å². The zero-order valence-corrected chi connectivity index (χ0v) is 14.4. The number of hydrogen-bond acceptors (Lipinski definition) is 5. The van der Waals surface area contributed by atoms with Gasteiger partial charge >= 0.3 is 6.09 Å². The fourth-order valence-corrected chi connectivity index (χ4v) is 4.01. The normalized spacial score (nSPS) is 21.8. The molecule has 2 amide bonds. The minimum Gasteiger partial charge on any atom is -0.445 e. The second kappa shape index (κ2) is 7.90. The van der Waals surface area contributed by atoms with E-state index in [-0.39, 0.29) is 24.5 Å². The van der Waals surface area contributed by atoms with Crippen molar-refractivity contribution in [3.8, 4) is 0 Å². The first-order valence-electron chi connectivity index (χ1n) is 8.23. The Morgan fingerprint density at radius 2 is 2.04 bits per heavy atom. The van der Waals surface area contributed by atoms with Gasteiger partial charge in [0.15, 0.2) is 0 Å². The van der Waals surface area contributed by atoms with Crippen molar-refractivity contribution in [3.05, 3.63) is 35.9 Å². The maximum atomic E-state index is 12.4. The summed E-state index contributed by atoms with van der Waals surface area (Å²) >= 11 is 1.75. The summed E-state index contributed by atoms with van der Waals surface area (Å²) in [5, 5.41) is 0. The molecule has 0 radical (unpaired) electrons. The van der Waals surface area contributed by atoms with E-state index in [9.17, 15) is 9.59 Å². The molecular formula is C17H23N3O3S. The van der Waals surface area contributed by atoms with Gasteiger partial charge in [-0.3, -0.25) is 4.79 Å². The van der Waals surface area contributed by atoms with Gasteiger partial charge in [-0.05, 0) is 12.0 Å². The Balaban J connectivity index is 1.47. The van der Waals surface area contributed by atoms with E-state index in [1.165, 1.54) is 0 Å². The molecule has 1 aromatic rings. The number of nitrogens with two attached hydrogens (primary N) is 1. The van der Waals surface area contributed by atoms with Crippen molar-refractivity contribution >= 4 is 23.8 Å². The van der Waals surface area contributed by atoms with Gasteiger partial charge in [0.05, 0.1) is 11.9 Å². The van der Waals surface area contributed by atoms with Crippen LogP contribution in [0.2, 0.25) is 0 Å². The Bertz CT molecular complexity index is 578. The lowest BCUT2D eigenvalue weighted by Gasteiger charge is -2.24. The highest BCUT2D eigenvalue weighted by Crippen LogP contribution is 2.23. The lowest BCUT2D eigenvalue weighted by molar-refractivity contribution is -0.132. The summed E-state index contributed by atoms with van der Waals surface area (Å²) in [4.78, 5) is 28.0. The van der Waals surface area contributed by atoms with E-state index in [4.69, 9.17) is 10.5 Å². The molecule has 0 aliphatic carbocycles. The molecule has 2 fully saturated rings. The number of ether oxygens (including phenoxy) is 1. The molecule has 130 valence electrons. The monoisotopic (exact) mass is 349 g/mol. The van der Waals surface area contributed by atoms with Gasteiger partial charge < -0.3 is 20.3 Å². The first-order valence-corrected chi connectivity index (χ1v) is 9.38. The maximum absolute atomic E-state index is 12.4. The Kier molecular flexibility index (Phi) is 5.63. The Hall–Kier alpha value is -1.73. The third-order valence-corrected chi connectivity index (χ3v) is 5.51. The number of nitrogens with zero attached hydrogens (tertiary/aromatic N) is 2. The fourth-order valence-electron chi connectivity index (χ4n) is 3.06. The van der Waals surface area contributed by atoms with E-state index in [2.05, 4.69) is 0 Å². The van der Waals surface area contributed by atoms with Gasteiger partial charge in [0.1, 0.15) is 6.61 Å². The molecule has 2 aliphatic heterocycles. The molecule has 24 heavy (non-hydrogen) atoms. The first kappa shape index (κ1) is 17.1. The van der Waals surface area contributed by atoms with Crippen LogP contribution < -0.4 is 5.73 Å². The topological polar surface area (TPSA) is 75.9 Å². The van der Waals surface area contributed by atoms with Gasteiger partial charge in [0, 0.05) is 31.3 Å². The third-order valence-electron chi connectivity index (χ3n) is 4.55. The second-order valence-electron chi connectivity index (χ2n) is 6.20. The van der Waals surface area contributed by atoms with E-state index in [0.29, 0.717) is 13.1 Å². The number of hydrogen-bond donors (Lipinski definition) is 1. The summed E-state index contributed by atoms with van der Waals surface area (Å²) in [5.74, 6) is 1.71. The molecular weight excluding hydrogens is 326 g/mol. The number of rotatable bonds is 4. The summed E-state index contributed by atoms with van der Waals surface area (Å²) in [7, 11) is 0. The minimum absolute atomic E-state index is 0.00417. The number of amides is 2. The van der Waals surface area contributed by atoms with Gasteiger partial charge in [0.25, 0.3) is 0 Å². The molecule has 2 saturated heterocycles. The second-order valence-corrected chi connectivity index (χ2v) is 7.27. The number of thioether (sulfide) groups is 1. The average molecular weight is 349 g/mol. The highest BCUT2D eigenvalue weighted by Gasteiger charge is 2.36. The molecule has 2 aliphatic rings. The van der Waals surface area contributed by atoms with Gasteiger partial charge in [-0.15, -0.1) is 11.8 Å². The summed E-state index contributed by atoms with van der Waals surface area (Å²) < 4.78 is 5.35. The molecule has 3 rings (SSSR count). The quantitative estimate of drug-likeness (QED) is 0.892. The van der Waals surface area contributed by atoms with Crippen LogP contribution in [-0.4, -0.2) is 59.1 Å². The van der Waals surface area contributed by atoms with Crippen LogP contribution in [0.5, 0.6) is 0 Å². The smallest absolute Gasteiger partial charge is 0.410 e. The minimum atomic E-state index is -0.532. The molecule has 6 nitrogen and oxygen atoms in total. The van der Waals surface area contributed by atoms with Crippen molar-refractivity contribution in [2.24, 2.45) is 11.7 Å². The van der Waals surface area contributed by atoms with E-state index < -0.39 is 6.04 Å². The number of likely N-dealkylation sites (tertiary alicyclic amines) is 1. The zero-order valence-electron chi connectivity index (χ0n) is 13.6. The lowest BCUT2D eigenvalue weighted by Crippen LogP contribution is -2.47. The summed E-state index contributed by atoms with van der Waals surface area (Å²) in [6, 6.07) is 9.06. The van der Waals surface area contributed by atoms with Crippen molar-refractivity contribution in [2.75, 3.05) is 31.3 Å². The van der Waals surface area contributed by atoms with Crippen LogP contribution in [-0.2, 0) is 16.1 Å². The maximum Gasteiger partial charge on any atom is 0.410 e. The molecule has 0 saturated carbocycles. The van der Waals surface area contributed by atoms with E-state index in [1.54, 1.807) is 16.7 Å². The van der Waals surface area contributed by atoms with Crippen LogP contribution in [0.3, 0.4) is 0 Å². The van der Waals surface area contributed by atoms with Crippen LogP contribution in [0.4, 0.5) is 4.79 Å². The predicted molar refractivity (Wildman–Crippen MR) is 93.3 cm³/mol. The molecule has 0 aromatic heterocycles. The Labute approximate surface area is 146 Å². The molecule has 0 spiro atoms. The SMILES string of the molecule is NC(C(=O)N1CCSC1)C1CCN(C(=O)OCc2ccccc2)C1.